The molecule has 0 heterocycles. The van der Waals surface area contributed by atoms with E-state index in [1.807, 2.05) is 0 Å². The van der Waals surface area contributed by atoms with Crippen molar-refractivity contribution in [1.29, 1.82) is 10.8 Å². The highest BCUT2D eigenvalue weighted by atomic mass is 16.5. The zero-order valence-electron chi connectivity index (χ0n) is 21.2. The van der Waals surface area contributed by atoms with Crippen molar-refractivity contribution in [3.63, 3.8) is 0 Å². The van der Waals surface area contributed by atoms with Gasteiger partial charge >= 0.3 is 0 Å². The van der Waals surface area contributed by atoms with Crippen molar-refractivity contribution < 1.29 is 39.5 Å². The molecule has 0 aliphatic carbocycles. The summed E-state index contributed by atoms with van der Waals surface area (Å²) >= 11 is 0. The van der Waals surface area contributed by atoms with Gasteiger partial charge in [-0.05, 0) is 37.6 Å². The molecule has 8 N–H and O–H groups in total. The number of amides is 2. The molecule has 2 rings (SSSR count). The van der Waals surface area contributed by atoms with Crippen LogP contribution < -0.4 is 20.1 Å². The molecule has 38 heavy (non-hydrogen) atoms. The monoisotopic (exact) mass is 528 g/mol. The molecular formula is C26H32N4O8. The maximum Gasteiger partial charge on any atom is 0.252 e. The first-order valence-corrected chi connectivity index (χ1v) is 11.2. The maximum absolute atomic E-state index is 12.2. The molecule has 0 aromatic heterocycles. The van der Waals surface area contributed by atoms with Crippen molar-refractivity contribution in [3.05, 3.63) is 53.1 Å². The molecule has 0 saturated carbocycles. The summed E-state index contributed by atoms with van der Waals surface area (Å²) in [6.07, 6.45) is 5.17. The van der Waals surface area contributed by atoms with Gasteiger partial charge in [-0.2, -0.15) is 0 Å². The van der Waals surface area contributed by atoms with Crippen LogP contribution in [0.5, 0.6) is 34.5 Å². The van der Waals surface area contributed by atoms with E-state index in [2.05, 4.69) is 10.6 Å². The molecule has 0 spiro atoms. The van der Waals surface area contributed by atoms with E-state index in [4.69, 9.17) is 30.5 Å². The number of carbonyl (C=O) groups is 2. The number of phenols is 4. The second-order valence-corrected chi connectivity index (χ2v) is 7.44. The van der Waals surface area contributed by atoms with Gasteiger partial charge in [-0.25, -0.2) is 0 Å². The van der Waals surface area contributed by atoms with Crippen LogP contribution in [0.2, 0.25) is 0 Å². The van der Waals surface area contributed by atoms with E-state index >= 15 is 0 Å². The highest BCUT2D eigenvalue weighted by molar-refractivity contribution is 6.15. The van der Waals surface area contributed by atoms with Gasteiger partial charge in [0.25, 0.3) is 11.8 Å². The lowest BCUT2D eigenvalue weighted by Gasteiger charge is -2.09. The van der Waals surface area contributed by atoms with Gasteiger partial charge in [0.1, 0.15) is 11.5 Å². The lowest BCUT2D eigenvalue weighted by atomic mass is 10.1. The highest BCUT2D eigenvalue weighted by Gasteiger charge is 2.12. The first kappa shape index (κ1) is 31.0. The normalized spacial score (nSPS) is 10.9. The quantitative estimate of drug-likeness (QED) is 0.0938. The van der Waals surface area contributed by atoms with Gasteiger partial charge in [-0.3, -0.25) is 9.59 Å². The molecule has 0 bridgehead atoms. The molecule has 0 radical (unpaired) electrons. The van der Waals surface area contributed by atoms with Crippen molar-refractivity contribution in [3.8, 4) is 34.5 Å². The van der Waals surface area contributed by atoms with E-state index in [0.717, 1.165) is 12.4 Å². The molecular weight excluding hydrogens is 496 g/mol. The number of allylic oxidation sites excluding steroid dienone is 1. The third kappa shape index (κ3) is 9.57. The Hall–Kier alpha value is -5.00. The predicted octanol–water partition coefficient (Wildman–Crippen LogP) is 2.46. The Morgan fingerprint density at radius 3 is 1.87 bits per heavy atom. The number of aromatic hydroxyl groups is 4. The van der Waals surface area contributed by atoms with Crippen LogP contribution in [-0.2, 0) is 9.59 Å². The van der Waals surface area contributed by atoms with E-state index < -0.39 is 5.91 Å². The standard InChI is InChI=1S/C19H24N4O5.C7H8O3/c1-3-12(10-20)18(26)22-5-4-6-23-19(27)14(11-21)7-13-8-15(24)16(25)9-17(13)28-2;1-10-5-2-3-6(8)7(9)4-5/h3,7-11,20-21,24-25H,4-6H2,1-2H3,(H,22,26)(H,23,27);2-4,8-9H,1H3/b12-3+,14-7+,20-10?,21-11?;. The summed E-state index contributed by atoms with van der Waals surface area (Å²) in [6.45, 7) is 2.24. The predicted molar refractivity (Wildman–Crippen MR) is 143 cm³/mol. The van der Waals surface area contributed by atoms with Crippen LogP contribution in [0.3, 0.4) is 0 Å². The Balaban J connectivity index is 0.000000600. The average molecular weight is 529 g/mol. The van der Waals surface area contributed by atoms with Gasteiger partial charge in [-0.15, -0.1) is 0 Å². The second kappa shape index (κ2) is 15.9. The Morgan fingerprint density at radius 2 is 1.37 bits per heavy atom. The number of methoxy groups -OCH3 is 2. The first-order chi connectivity index (χ1) is 18.1. The second-order valence-electron chi connectivity index (χ2n) is 7.44. The molecule has 0 aliphatic rings. The minimum absolute atomic E-state index is 0.0208. The summed E-state index contributed by atoms with van der Waals surface area (Å²) < 4.78 is 9.88. The number of hydrogen-bond acceptors (Lipinski definition) is 10. The molecule has 2 aromatic carbocycles. The lowest BCUT2D eigenvalue weighted by Crippen LogP contribution is -2.31. The van der Waals surface area contributed by atoms with Crippen molar-refractivity contribution in [2.24, 2.45) is 0 Å². The SMILES string of the molecule is C/C=C(\C=N)C(=O)NCCCNC(=O)/C(C=N)=C/c1cc(O)c(O)cc1OC.COc1ccc(O)c(O)c1. The van der Waals surface area contributed by atoms with Crippen LogP contribution in [-0.4, -0.2) is 72.0 Å². The van der Waals surface area contributed by atoms with Crippen LogP contribution in [0, 0.1) is 10.8 Å². The molecule has 0 fully saturated rings. The summed E-state index contributed by atoms with van der Waals surface area (Å²) in [7, 11) is 2.87. The van der Waals surface area contributed by atoms with E-state index in [1.54, 1.807) is 13.0 Å². The van der Waals surface area contributed by atoms with E-state index in [0.29, 0.717) is 24.3 Å². The minimum Gasteiger partial charge on any atom is -0.504 e. The van der Waals surface area contributed by atoms with Crippen LogP contribution in [0.15, 0.2) is 47.6 Å². The zero-order valence-corrected chi connectivity index (χ0v) is 21.2. The third-order valence-electron chi connectivity index (χ3n) is 4.89. The molecule has 204 valence electrons. The number of hydrogen-bond donors (Lipinski definition) is 8. The Morgan fingerprint density at radius 1 is 0.816 bits per heavy atom. The van der Waals surface area contributed by atoms with Crippen molar-refractivity contribution in [2.75, 3.05) is 27.3 Å². The topological polar surface area (TPSA) is 205 Å². The number of ether oxygens (including phenoxy) is 2. The van der Waals surface area contributed by atoms with Gasteiger partial charge in [0.05, 0.1) is 25.4 Å². The summed E-state index contributed by atoms with van der Waals surface area (Å²) in [5, 5.41) is 56.7. The van der Waals surface area contributed by atoms with Gasteiger partial charge in [0.2, 0.25) is 0 Å². The van der Waals surface area contributed by atoms with Crippen LogP contribution >= 0.6 is 0 Å². The molecule has 12 heteroatoms. The van der Waals surface area contributed by atoms with E-state index in [-0.39, 0.29) is 52.3 Å². The van der Waals surface area contributed by atoms with E-state index in [1.165, 1.54) is 50.6 Å². The molecule has 0 unspecified atom stereocenters. The highest BCUT2D eigenvalue weighted by Crippen LogP contribution is 2.34. The molecule has 2 aromatic rings. The number of nitrogens with one attached hydrogen (secondary N) is 4. The van der Waals surface area contributed by atoms with Crippen molar-refractivity contribution in [2.45, 2.75) is 13.3 Å². The number of rotatable bonds is 11. The lowest BCUT2D eigenvalue weighted by molar-refractivity contribution is -0.117. The van der Waals surface area contributed by atoms with E-state index in [9.17, 15) is 19.8 Å². The summed E-state index contributed by atoms with van der Waals surface area (Å²) in [4.78, 5) is 23.9. The largest absolute Gasteiger partial charge is 0.504 e. The Kier molecular flexibility index (Phi) is 13.0. The van der Waals surface area contributed by atoms with Crippen LogP contribution in [0.25, 0.3) is 6.08 Å². The third-order valence-corrected chi connectivity index (χ3v) is 4.89. The molecule has 0 atom stereocenters. The summed E-state index contributed by atoms with van der Waals surface area (Å²) in [5.41, 5.74) is 0.598. The van der Waals surface area contributed by atoms with Crippen LogP contribution in [0.4, 0.5) is 0 Å². The minimum atomic E-state index is -0.510. The summed E-state index contributed by atoms with van der Waals surface area (Å²) in [6, 6.07) is 6.71. The Bertz CT molecular complexity index is 1210. The van der Waals surface area contributed by atoms with Gasteiger partial charge < -0.3 is 51.4 Å². The Labute approximate surface area is 219 Å². The molecule has 0 saturated heterocycles. The van der Waals surface area contributed by atoms with Gasteiger partial charge in [-0.1, -0.05) is 6.08 Å². The summed E-state index contributed by atoms with van der Waals surface area (Å²) in [5.74, 6) is -1.15. The zero-order chi connectivity index (χ0) is 28.7. The number of phenolic OH excluding ortho intramolecular Hbond substituents is 4. The number of benzene rings is 2. The smallest absolute Gasteiger partial charge is 0.252 e. The maximum atomic E-state index is 12.2. The fraction of sp³-hybridized carbons (Fsp3) is 0.231. The average Bonchev–Trinajstić information content (AvgIpc) is 2.91. The fourth-order valence-corrected chi connectivity index (χ4v) is 2.81. The fourth-order valence-electron chi connectivity index (χ4n) is 2.81. The van der Waals surface area contributed by atoms with Crippen molar-refractivity contribution >= 4 is 30.3 Å². The van der Waals surface area contributed by atoms with Gasteiger partial charge in [0, 0.05) is 43.2 Å². The number of carbonyl (C=O) groups excluding carboxylic acids is 2. The first-order valence-electron chi connectivity index (χ1n) is 11.2. The molecule has 12 nitrogen and oxygen atoms in total. The van der Waals surface area contributed by atoms with Crippen molar-refractivity contribution in [1.82, 2.24) is 10.6 Å². The van der Waals surface area contributed by atoms with Crippen LogP contribution in [0.1, 0.15) is 18.9 Å². The molecule has 0 aliphatic heterocycles. The molecule has 2 amide bonds. The van der Waals surface area contributed by atoms with Gasteiger partial charge in [0.15, 0.2) is 23.0 Å².